The summed E-state index contributed by atoms with van der Waals surface area (Å²) in [4.78, 5) is 25.6. The summed E-state index contributed by atoms with van der Waals surface area (Å²) in [6, 6.07) is 6.37. The maximum absolute atomic E-state index is 12.2. The van der Waals surface area contributed by atoms with Crippen LogP contribution in [0.3, 0.4) is 0 Å². The third-order valence-electron chi connectivity index (χ3n) is 3.37. The molecule has 1 aromatic carbocycles. The third kappa shape index (κ3) is 4.09. The first-order valence-electron chi connectivity index (χ1n) is 7.18. The molecule has 22 heavy (non-hydrogen) atoms. The molecule has 2 amide bonds. The first-order valence-corrected chi connectivity index (χ1v) is 7.18. The Bertz CT molecular complexity index is 650. The van der Waals surface area contributed by atoms with Gasteiger partial charge in [0.25, 0.3) is 5.91 Å². The molecular formula is C17H20N2O3. The number of hydrogen-bond donors (Lipinski definition) is 2. The summed E-state index contributed by atoms with van der Waals surface area (Å²) >= 11 is 0. The van der Waals surface area contributed by atoms with E-state index in [2.05, 4.69) is 17.2 Å². The van der Waals surface area contributed by atoms with Gasteiger partial charge in [0.2, 0.25) is 5.91 Å². The van der Waals surface area contributed by atoms with Crippen LogP contribution >= 0.6 is 0 Å². The molecule has 1 aliphatic rings. The highest BCUT2D eigenvalue weighted by Crippen LogP contribution is 2.11. The van der Waals surface area contributed by atoms with Gasteiger partial charge in [0.15, 0.2) is 0 Å². The monoisotopic (exact) mass is 300 g/mol. The maximum atomic E-state index is 12.2. The van der Waals surface area contributed by atoms with Gasteiger partial charge in [-0.25, -0.2) is 0 Å². The zero-order valence-electron chi connectivity index (χ0n) is 13.0. The lowest BCUT2D eigenvalue weighted by Gasteiger charge is -2.12. The van der Waals surface area contributed by atoms with Crippen LogP contribution in [0.5, 0.6) is 0 Å². The van der Waals surface area contributed by atoms with Gasteiger partial charge in [-0.2, -0.15) is 0 Å². The van der Waals surface area contributed by atoms with E-state index in [0.29, 0.717) is 24.1 Å². The standard InChI is InChI=1S/C17H20N2O3/c1-17(2,22)9-7-12-5-4-6-13(11-12)15(20)18-14-8-10-19(3)16(14)21/h4-6,11,14,22H,8,10H2,1-3H3,(H,18,20). The SMILES string of the molecule is CN1CCC(NC(=O)c2cccc(C#CC(C)(C)O)c2)C1=O. The fourth-order valence-electron chi connectivity index (χ4n) is 2.16. The number of nitrogens with zero attached hydrogens (tertiary/aromatic N) is 1. The second-order valence-corrected chi connectivity index (χ2v) is 5.96. The Hall–Kier alpha value is -2.32. The fraction of sp³-hybridized carbons (Fsp3) is 0.412. The first-order chi connectivity index (χ1) is 10.3. The van der Waals surface area contributed by atoms with Crippen LogP contribution in [0.1, 0.15) is 36.2 Å². The fourth-order valence-corrected chi connectivity index (χ4v) is 2.16. The van der Waals surface area contributed by atoms with Crippen LogP contribution < -0.4 is 5.32 Å². The lowest BCUT2D eigenvalue weighted by molar-refractivity contribution is -0.128. The van der Waals surface area contributed by atoms with Crippen LogP contribution in [-0.4, -0.2) is 47.1 Å². The van der Waals surface area contributed by atoms with Gasteiger partial charge in [0.1, 0.15) is 11.6 Å². The molecule has 1 saturated heterocycles. The molecule has 0 aromatic heterocycles. The van der Waals surface area contributed by atoms with Crippen molar-refractivity contribution >= 4 is 11.8 Å². The minimum absolute atomic E-state index is 0.0636. The van der Waals surface area contributed by atoms with E-state index in [1.165, 1.54) is 0 Å². The van der Waals surface area contributed by atoms with E-state index in [-0.39, 0.29) is 11.8 Å². The van der Waals surface area contributed by atoms with E-state index in [4.69, 9.17) is 0 Å². The second kappa shape index (κ2) is 6.20. The molecule has 1 heterocycles. The summed E-state index contributed by atoms with van der Waals surface area (Å²) in [7, 11) is 1.72. The number of likely N-dealkylation sites (N-methyl/N-ethyl adjacent to an activating group) is 1. The van der Waals surface area contributed by atoms with Gasteiger partial charge in [0.05, 0.1) is 0 Å². The van der Waals surface area contributed by atoms with Gasteiger partial charge >= 0.3 is 0 Å². The van der Waals surface area contributed by atoms with Gasteiger partial charge in [-0.1, -0.05) is 17.9 Å². The summed E-state index contributed by atoms with van der Waals surface area (Å²) in [6.07, 6.45) is 0.624. The van der Waals surface area contributed by atoms with Gasteiger partial charge in [-0.15, -0.1) is 0 Å². The van der Waals surface area contributed by atoms with Crippen LogP contribution in [0.15, 0.2) is 24.3 Å². The maximum Gasteiger partial charge on any atom is 0.251 e. The van der Waals surface area contributed by atoms with Crippen LogP contribution in [-0.2, 0) is 4.79 Å². The topological polar surface area (TPSA) is 69.6 Å². The molecule has 1 fully saturated rings. The number of hydrogen-bond acceptors (Lipinski definition) is 3. The summed E-state index contributed by atoms with van der Waals surface area (Å²) in [5.74, 6) is 5.18. The average Bonchev–Trinajstić information content (AvgIpc) is 2.77. The van der Waals surface area contributed by atoms with Crippen molar-refractivity contribution < 1.29 is 14.7 Å². The minimum atomic E-state index is -1.08. The molecular weight excluding hydrogens is 280 g/mol. The number of rotatable bonds is 2. The Kier molecular flexibility index (Phi) is 4.53. The van der Waals surface area contributed by atoms with E-state index < -0.39 is 11.6 Å². The lowest BCUT2D eigenvalue weighted by Crippen LogP contribution is -2.40. The Balaban J connectivity index is 2.10. The molecule has 1 unspecified atom stereocenters. The second-order valence-electron chi connectivity index (χ2n) is 5.96. The number of carbonyl (C=O) groups excluding carboxylic acids is 2. The molecule has 5 heteroatoms. The molecule has 0 spiro atoms. The molecule has 0 aliphatic carbocycles. The zero-order chi connectivity index (χ0) is 16.3. The normalized spacial score (nSPS) is 17.9. The number of amides is 2. The Morgan fingerprint density at radius 3 is 2.77 bits per heavy atom. The van der Waals surface area contributed by atoms with Gasteiger partial charge in [0, 0.05) is 24.7 Å². The van der Waals surface area contributed by atoms with Crippen molar-refractivity contribution in [2.75, 3.05) is 13.6 Å². The predicted molar refractivity (Wildman–Crippen MR) is 83.1 cm³/mol. The van der Waals surface area contributed by atoms with Gasteiger partial charge in [-0.3, -0.25) is 9.59 Å². The quantitative estimate of drug-likeness (QED) is 0.793. The summed E-state index contributed by atoms with van der Waals surface area (Å²) in [6.45, 7) is 3.85. The Labute approximate surface area is 130 Å². The summed E-state index contributed by atoms with van der Waals surface area (Å²) in [5, 5.41) is 12.4. The first kappa shape index (κ1) is 16.1. The summed E-state index contributed by atoms with van der Waals surface area (Å²) < 4.78 is 0. The van der Waals surface area contributed by atoms with E-state index >= 15 is 0 Å². The van der Waals surface area contributed by atoms with E-state index in [1.54, 1.807) is 50.1 Å². The van der Waals surface area contributed by atoms with E-state index in [1.807, 2.05) is 0 Å². The number of aliphatic hydroxyl groups is 1. The van der Waals surface area contributed by atoms with E-state index in [9.17, 15) is 14.7 Å². The van der Waals surface area contributed by atoms with Crippen molar-refractivity contribution in [2.45, 2.75) is 31.9 Å². The van der Waals surface area contributed by atoms with Crippen molar-refractivity contribution in [3.8, 4) is 11.8 Å². The molecule has 1 atom stereocenters. The molecule has 116 valence electrons. The minimum Gasteiger partial charge on any atom is -0.378 e. The van der Waals surface area contributed by atoms with Crippen molar-refractivity contribution in [3.63, 3.8) is 0 Å². The highest BCUT2D eigenvalue weighted by atomic mass is 16.3. The molecule has 1 aliphatic heterocycles. The van der Waals surface area contributed by atoms with Gasteiger partial charge < -0.3 is 15.3 Å². The molecule has 1 aromatic rings. The number of likely N-dealkylation sites (tertiary alicyclic amines) is 1. The smallest absolute Gasteiger partial charge is 0.251 e. The summed E-state index contributed by atoms with van der Waals surface area (Å²) in [5.41, 5.74) is 0.00796. The van der Waals surface area contributed by atoms with Crippen LogP contribution in [0.2, 0.25) is 0 Å². The number of benzene rings is 1. The van der Waals surface area contributed by atoms with Crippen LogP contribution in [0.4, 0.5) is 0 Å². The average molecular weight is 300 g/mol. The largest absolute Gasteiger partial charge is 0.378 e. The van der Waals surface area contributed by atoms with Crippen molar-refractivity contribution in [1.29, 1.82) is 0 Å². The number of nitrogens with one attached hydrogen (secondary N) is 1. The predicted octanol–water partition coefficient (Wildman–Crippen LogP) is 0.769. The Morgan fingerprint density at radius 2 is 2.18 bits per heavy atom. The highest BCUT2D eigenvalue weighted by Gasteiger charge is 2.30. The zero-order valence-corrected chi connectivity index (χ0v) is 13.0. The molecule has 2 N–H and O–H groups in total. The lowest BCUT2D eigenvalue weighted by atomic mass is 10.1. The Morgan fingerprint density at radius 1 is 1.45 bits per heavy atom. The third-order valence-corrected chi connectivity index (χ3v) is 3.37. The highest BCUT2D eigenvalue weighted by molar-refractivity contribution is 5.98. The molecule has 2 rings (SSSR count). The molecule has 0 saturated carbocycles. The molecule has 5 nitrogen and oxygen atoms in total. The molecule has 0 bridgehead atoms. The number of carbonyl (C=O) groups is 2. The van der Waals surface area contributed by atoms with Crippen LogP contribution in [0, 0.1) is 11.8 Å². The molecule has 0 radical (unpaired) electrons. The van der Waals surface area contributed by atoms with Crippen molar-refractivity contribution in [2.24, 2.45) is 0 Å². The van der Waals surface area contributed by atoms with Gasteiger partial charge in [-0.05, 0) is 38.5 Å². The van der Waals surface area contributed by atoms with Crippen molar-refractivity contribution in [1.82, 2.24) is 10.2 Å². The van der Waals surface area contributed by atoms with Crippen molar-refractivity contribution in [3.05, 3.63) is 35.4 Å². The van der Waals surface area contributed by atoms with E-state index in [0.717, 1.165) is 0 Å². The van der Waals surface area contributed by atoms with Crippen LogP contribution in [0.25, 0.3) is 0 Å².